The summed E-state index contributed by atoms with van der Waals surface area (Å²) in [6.07, 6.45) is 4.64. The van der Waals surface area contributed by atoms with E-state index in [0.29, 0.717) is 0 Å². The summed E-state index contributed by atoms with van der Waals surface area (Å²) >= 11 is 0. The van der Waals surface area contributed by atoms with Gasteiger partial charge in [0, 0.05) is 12.4 Å². The number of pyridine rings is 1. The first kappa shape index (κ1) is 10.9. The van der Waals surface area contributed by atoms with Crippen molar-refractivity contribution >= 4 is 11.0 Å². The second-order valence-corrected chi connectivity index (χ2v) is 4.23. The number of hydrogen-bond acceptors (Lipinski definition) is 3. The minimum Gasteiger partial charge on any atom is -0.264 e. The summed E-state index contributed by atoms with van der Waals surface area (Å²) in [5.41, 5.74) is 3.16. The fourth-order valence-corrected chi connectivity index (χ4v) is 2.24. The molecule has 0 fully saturated rings. The third-order valence-electron chi connectivity index (χ3n) is 3.13. The Morgan fingerprint density at radius 2 is 2.06 bits per heavy atom. The number of rotatable bonds is 3. The minimum absolute atomic E-state index is 0.186. The van der Waals surface area contributed by atoms with E-state index in [0.717, 1.165) is 23.0 Å². The van der Waals surface area contributed by atoms with Crippen molar-refractivity contribution < 1.29 is 0 Å². The molecule has 3 aromatic rings. The van der Waals surface area contributed by atoms with Crippen LogP contribution in [0.2, 0.25) is 0 Å². The maximum absolute atomic E-state index is 4.28. The van der Waals surface area contributed by atoms with Crippen LogP contribution in [0.4, 0.5) is 0 Å². The molecule has 4 heteroatoms. The van der Waals surface area contributed by atoms with E-state index >= 15 is 0 Å². The van der Waals surface area contributed by atoms with Gasteiger partial charge in [0.25, 0.3) is 0 Å². The van der Waals surface area contributed by atoms with E-state index in [4.69, 9.17) is 0 Å². The van der Waals surface area contributed by atoms with Crippen LogP contribution in [0, 0.1) is 0 Å². The highest BCUT2D eigenvalue weighted by atomic mass is 15.4. The zero-order valence-corrected chi connectivity index (χ0v) is 10.2. The molecule has 0 spiro atoms. The van der Waals surface area contributed by atoms with Crippen LogP contribution in [0.3, 0.4) is 0 Å². The lowest BCUT2D eigenvalue weighted by molar-refractivity contribution is 0.506. The highest BCUT2D eigenvalue weighted by Gasteiger charge is 2.15. The van der Waals surface area contributed by atoms with Crippen LogP contribution in [0.1, 0.15) is 24.9 Å². The third-order valence-corrected chi connectivity index (χ3v) is 3.13. The van der Waals surface area contributed by atoms with Crippen molar-refractivity contribution in [3.05, 3.63) is 54.4 Å². The monoisotopic (exact) mass is 238 g/mol. The first-order chi connectivity index (χ1) is 8.90. The van der Waals surface area contributed by atoms with Gasteiger partial charge in [-0.2, -0.15) is 0 Å². The molecular weight excluding hydrogens is 224 g/mol. The van der Waals surface area contributed by atoms with E-state index in [1.807, 2.05) is 41.2 Å². The topological polar surface area (TPSA) is 43.6 Å². The van der Waals surface area contributed by atoms with E-state index in [1.54, 1.807) is 6.20 Å². The number of benzene rings is 1. The van der Waals surface area contributed by atoms with Crippen molar-refractivity contribution in [3.8, 4) is 0 Å². The van der Waals surface area contributed by atoms with Crippen molar-refractivity contribution in [1.29, 1.82) is 0 Å². The molecule has 2 heterocycles. The van der Waals surface area contributed by atoms with E-state index in [1.165, 1.54) is 0 Å². The van der Waals surface area contributed by atoms with Crippen LogP contribution >= 0.6 is 0 Å². The van der Waals surface area contributed by atoms with Gasteiger partial charge >= 0.3 is 0 Å². The lowest BCUT2D eigenvalue weighted by Crippen LogP contribution is -2.11. The number of fused-ring (bicyclic) bond motifs is 1. The zero-order valence-electron chi connectivity index (χ0n) is 10.2. The van der Waals surface area contributed by atoms with Gasteiger partial charge in [-0.1, -0.05) is 30.3 Å². The number of para-hydroxylation sites is 1. The number of aromatic nitrogens is 4. The summed E-state index contributed by atoms with van der Waals surface area (Å²) in [5, 5.41) is 8.49. The van der Waals surface area contributed by atoms with Gasteiger partial charge in [-0.25, -0.2) is 4.68 Å². The van der Waals surface area contributed by atoms with Crippen LogP contribution in [0.5, 0.6) is 0 Å². The van der Waals surface area contributed by atoms with E-state index in [9.17, 15) is 0 Å². The summed E-state index contributed by atoms with van der Waals surface area (Å²) < 4.78 is 1.98. The lowest BCUT2D eigenvalue weighted by Gasteiger charge is -2.15. The molecule has 0 bridgehead atoms. The molecule has 90 valence electrons. The van der Waals surface area contributed by atoms with Gasteiger partial charge in [0.2, 0.25) is 0 Å². The summed E-state index contributed by atoms with van der Waals surface area (Å²) in [6, 6.07) is 12.2. The maximum Gasteiger partial charge on any atom is 0.113 e. The summed E-state index contributed by atoms with van der Waals surface area (Å²) in [4.78, 5) is 4.18. The molecule has 1 aromatic carbocycles. The second kappa shape index (κ2) is 4.56. The molecule has 1 atom stereocenters. The molecule has 0 aliphatic rings. The smallest absolute Gasteiger partial charge is 0.113 e. The molecule has 0 saturated carbocycles. The Bertz CT molecular complexity index is 645. The predicted octanol–water partition coefficient (Wildman–Crippen LogP) is 2.83. The highest BCUT2D eigenvalue weighted by molar-refractivity contribution is 5.74. The van der Waals surface area contributed by atoms with E-state index in [2.05, 4.69) is 28.3 Å². The molecule has 18 heavy (non-hydrogen) atoms. The molecule has 3 rings (SSSR count). The molecule has 0 aliphatic heterocycles. The van der Waals surface area contributed by atoms with Gasteiger partial charge in [-0.05, 0) is 30.2 Å². The first-order valence-corrected chi connectivity index (χ1v) is 6.10. The van der Waals surface area contributed by atoms with Crippen molar-refractivity contribution in [2.75, 3.05) is 0 Å². The van der Waals surface area contributed by atoms with Gasteiger partial charge in [0.15, 0.2) is 0 Å². The third kappa shape index (κ3) is 1.76. The Hall–Kier alpha value is -2.23. The molecule has 0 saturated heterocycles. The summed E-state index contributed by atoms with van der Waals surface area (Å²) in [7, 11) is 0. The maximum atomic E-state index is 4.28. The SMILES string of the molecule is CCC(c1cccnc1)n1nnc2ccccc21. The fourth-order valence-electron chi connectivity index (χ4n) is 2.24. The highest BCUT2D eigenvalue weighted by Crippen LogP contribution is 2.23. The van der Waals surface area contributed by atoms with E-state index in [-0.39, 0.29) is 6.04 Å². The lowest BCUT2D eigenvalue weighted by atomic mass is 10.1. The Kier molecular flexibility index (Phi) is 2.76. The number of hydrogen-bond donors (Lipinski definition) is 0. The molecule has 1 unspecified atom stereocenters. The first-order valence-electron chi connectivity index (χ1n) is 6.10. The van der Waals surface area contributed by atoms with Gasteiger partial charge < -0.3 is 0 Å². The quantitative estimate of drug-likeness (QED) is 0.704. The molecule has 0 radical (unpaired) electrons. The largest absolute Gasteiger partial charge is 0.264 e. The average Bonchev–Trinajstić information content (AvgIpc) is 2.85. The van der Waals surface area contributed by atoms with Crippen molar-refractivity contribution in [3.63, 3.8) is 0 Å². The molecular formula is C14H14N4. The van der Waals surface area contributed by atoms with Crippen molar-refractivity contribution in [2.45, 2.75) is 19.4 Å². The molecule has 0 amide bonds. The van der Waals surface area contributed by atoms with Crippen LogP contribution < -0.4 is 0 Å². The Morgan fingerprint density at radius 3 is 2.83 bits per heavy atom. The van der Waals surface area contributed by atoms with E-state index < -0.39 is 0 Å². The van der Waals surface area contributed by atoms with Gasteiger partial charge in [0.05, 0.1) is 11.6 Å². The molecule has 0 N–H and O–H groups in total. The van der Waals surface area contributed by atoms with Crippen molar-refractivity contribution in [2.24, 2.45) is 0 Å². The fraction of sp³-hybridized carbons (Fsp3) is 0.214. The predicted molar refractivity (Wildman–Crippen MR) is 70.2 cm³/mol. The van der Waals surface area contributed by atoms with Crippen LogP contribution in [-0.2, 0) is 0 Å². The summed E-state index contributed by atoms with van der Waals surface area (Å²) in [6.45, 7) is 2.15. The van der Waals surface area contributed by atoms with Gasteiger partial charge in [0.1, 0.15) is 5.52 Å². The summed E-state index contributed by atoms with van der Waals surface area (Å²) in [5.74, 6) is 0. The minimum atomic E-state index is 0.186. The molecule has 0 aliphatic carbocycles. The zero-order chi connectivity index (χ0) is 12.4. The van der Waals surface area contributed by atoms with Crippen LogP contribution in [0.25, 0.3) is 11.0 Å². The van der Waals surface area contributed by atoms with Crippen LogP contribution in [-0.4, -0.2) is 20.0 Å². The van der Waals surface area contributed by atoms with Crippen molar-refractivity contribution in [1.82, 2.24) is 20.0 Å². The van der Waals surface area contributed by atoms with Gasteiger partial charge in [-0.3, -0.25) is 4.98 Å². The molecule has 4 nitrogen and oxygen atoms in total. The van der Waals surface area contributed by atoms with Gasteiger partial charge in [-0.15, -0.1) is 5.10 Å². The number of nitrogens with zero attached hydrogens (tertiary/aromatic N) is 4. The normalized spacial score (nSPS) is 12.7. The standard InChI is InChI=1S/C14H14N4/c1-2-13(11-6-5-9-15-10-11)18-14-8-4-3-7-12(14)16-17-18/h3-10,13H,2H2,1H3. The average molecular weight is 238 g/mol. The second-order valence-electron chi connectivity index (χ2n) is 4.23. The Morgan fingerprint density at radius 1 is 1.17 bits per heavy atom. The van der Waals surface area contributed by atoms with Crippen LogP contribution in [0.15, 0.2) is 48.8 Å². The Balaban J connectivity index is 2.12. The Labute approximate surface area is 105 Å². The molecule has 2 aromatic heterocycles.